The second-order valence-electron chi connectivity index (χ2n) is 3.32. The summed E-state index contributed by atoms with van der Waals surface area (Å²) >= 11 is 0. The Balaban J connectivity index is 2.80. The van der Waals surface area contributed by atoms with E-state index < -0.39 is 0 Å². The smallest absolute Gasteiger partial charge is 0.0952 e. The summed E-state index contributed by atoms with van der Waals surface area (Å²) in [6, 6.07) is 0.301. The van der Waals surface area contributed by atoms with Crippen LogP contribution in [0.4, 0.5) is 0 Å². The Morgan fingerprint density at radius 1 is 1.62 bits per heavy atom. The van der Waals surface area contributed by atoms with E-state index >= 15 is 0 Å². The summed E-state index contributed by atoms with van der Waals surface area (Å²) in [6.45, 7) is 4.71. The number of rotatable bonds is 4. The van der Waals surface area contributed by atoms with Gasteiger partial charge >= 0.3 is 0 Å². The lowest BCUT2D eigenvalue weighted by Gasteiger charge is -2.17. The zero-order chi connectivity index (χ0) is 9.84. The molecule has 0 bridgehead atoms. The van der Waals surface area contributed by atoms with Crippen LogP contribution in [0.25, 0.3) is 0 Å². The predicted molar refractivity (Wildman–Crippen MR) is 51.4 cm³/mol. The van der Waals surface area contributed by atoms with Gasteiger partial charge in [-0.15, -0.1) is 0 Å². The van der Waals surface area contributed by atoms with E-state index in [1.165, 1.54) is 0 Å². The molecule has 1 unspecified atom stereocenters. The average Bonchev–Trinajstić information content (AvgIpc) is 2.52. The minimum Gasteiger partial charge on any atom is -0.383 e. The van der Waals surface area contributed by atoms with E-state index in [-0.39, 0.29) is 12.1 Å². The number of nitrogens with zero attached hydrogens (tertiary/aromatic N) is 2. The van der Waals surface area contributed by atoms with Gasteiger partial charge in [-0.25, -0.2) is 4.98 Å². The first-order chi connectivity index (χ1) is 6.16. The molecule has 0 fully saturated rings. The number of hydrogen-bond donors (Lipinski definition) is 1. The summed E-state index contributed by atoms with van der Waals surface area (Å²) in [4.78, 5) is 4.07. The Kier molecular flexibility index (Phi) is 3.45. The molecule has 1 aromatic heterocycles. The van der Waals surface area contributed by atoms with Crippen LogP contribution in [0.2, 0.25) is 0 Å². The molecule has 0 aromatic carbocycles. The molecule has 0 amide bonds. The van der Waals surface area contributed by atoms with E-state index in [4.69, 9.17) is 10.5 Å². The van der Waals surface area contributed by atoms with Gasteiger partial charge in [0.25, 0.3) is 0 Å². The normalized spacial score (nSPS) is 15.7. The summed E-state index contributed by atoms with van der Waals surface area (Å²) in [6.07, 6.45) is 3.60. The molecule has 4 heteroatoms. The van der Waals surface area contributed by atoms with Crippen molar-refractivity contribution in [2.45, 2.75) is 25.9 Å². The standard InChI is InChI=1S/C9H17N3O/c1-7(5-13-3)12-6-11-4-9(12)8(2)10/h4,6-8H,5,10H2,1-3H3/t7?,8-/m1/s1. The van der Waals surface area contributed by atoms with Gasteiger partial charge < -0.3 is 15.0 Å². The summed E-state index contributed by atoms with van der Waals surface area (Å²) in [5.41, 5.74) is 6.84. The summed E-state index contributed by atoms with van der Waals surface area (Å²) < 4.78 is 7.12. The zero-order valence-electron chi connectivity index (χ0n) is 8.40. The lowest BCUT2D eigenvalue weighted by atomic mass is 10.2. The fourth-order valence-corrected chi connectivity index (χ4v) is 1.36. The largest absolute Gasteiger partial charge is 0.383 e. The van der Waals surface area contributed by atoms with Crippen molar-refractivity contribution in [1.82, 2.24) is 9.55 Å². The number of ether oxygens (including phenoxy) is 1. The molecule has 0 saturated heterocycles. The van der Waals surface area contributed by atoms with E-state index in [1.807, 2.05) is 11.5 Å². The molecule has 0 aliphatic rings. The van der Waals surface area contributed by atoms with Gasteiger partial charge in [0.15, 0.2) is 0 Å². The molecular weight excluding hydrogens is 166 g/mol. The van der Waals surface area contributed by atoms with Crippen LogP contribution in [0.1, 0.15) is 31.6 Å². The molecule has 0 aliphatic heterocycles. The topological polar surface area (TPSA) is 53.1 Å². The van der Waals surface area contributed by atoms with Crippen LogP contribution in [0, 0.1) is 0 Å². The maximum atomic E-state index is 5.79. The molecule has 1 heterocycles. The minimum absolute atomic E-state index is 0.0156. The van der Waals surface area contributed by atoms with E-state index in [1.54, 1.807) is 19.6 Å². The lowest BCUT2D eigenvalue weighted by molar-refractivity contribution is 0.160. The van der Waals surface area contributed by atoms with E-state index in [9.17, 15) is 0 Å². The fourth-order valence-electron chi connectivity index (χ4n) is 1.36. The Morgan fingerprint density at radius 3 is 2.85 bits per heavy atom. The van der Waals surface area contributed by atoms with Crippen LogP contribution < -0.4 is 5.73 Å². The van der Waals surface area contributed by atoms with Gasteiger partial charge in [0.2, 0.25) is 0 Å². The number of imidazole rings is 1. The van der Waals surface area contributed by atoms with Crippen molar-refractivity contribution < 1.29 is 4.74 Å². The third kappa shape index (κ3) is 2.29. The van der Waals surface area contributed by atoms with Crippen LogP contribution in [0.15, 0.2) is 12.5 Å². The lowest BCUT2D eigenvalue weighted by Crippen LogP contribution is -2.17. The Bertz CT molecular complexity index is 257. The maximum Gasteiger partial charge on any atom is 0.0952 e. The summed E-state index contributed by atoms with van der Waals surface area (Å²) in [5.74, 6) is 0. The van der Waals surface area contributed by atoms with Crippen molar-refractivity contribution in [3.8, 4) is 0 Å². The molecule has 1 rings (SSSR count). The van der Waals surface area contributed by atoms with Gasteiger partial charge in [0.05, 0.1) is 24.7 Å². The van der Waals surface area contributed by atoms with E-state index in [0.717, 1.165) is 5.69 Å². The zero-order valence-corrected chi connectivity index (χ0v) is 8.40. The van der Waals surface area contributed by atoms with E-state index in [2.05, 4.69) is 11.9 Å². The maximum absolute atomic E-state index is 5.79. The number of hydrogen-bond acceptors (Lipinski definition) is 3. The van der Waals surface area contributed by atoms with Gasteiger partial charge in [0, 0.05) is 19.3 Å². The van der Waals surface area contributed by atoms with Crippen molar-refractivity contribution in [2.24, 2.45) is 5.73 Å². The van der Waals surface area contributed by atoms with Gasteiger partial charge in [-0.1, -0.05) is 0 Å². The first-order valence-corrected chi connectivity index (χ1v) is 4.43. The van der Waals surface area contributed by atoms with Crippen LogP contribution >= 0.6 is 0 Å². The molecule has 0 spiro atoms. The third-order valence-electron chi connectivity index (χ3n) is 2.05. The Morgan fingerprint density at radius 2 is 2.31 bits per heavy atom. The van der Waals surface area contributed by atoms with Crippen LogP contribution in [0.5, 0.6) is 0 Å². The van der Waals surface area contributed by atoms with Crippen molar-refractivity contribution in [1.29, 1.82) is 0 Å². The molecule has 0 radical (unpaired) electrons. The predicted octanol–water partition coefficient (Wildman–Crippen LogP) is 1.11. The fraction of sp³-hybridized carbons (Fsp3) is 0.667. The second-order valence-corrected chi connectivity index (χ2v) is 3.32. The molecule has 13 heavy (non-hydrogen) atoms. The van der Waals surface area contributed by atoms with Crippen molar-refractivity contribution in [2.75, 3.05) is 13.7 Å². The molecule has 1 aromatic rings. The summed E-state index contributed by atoms with van der Waals surface area (Å²) in [7, 11) is 1.69. The summed E-state index contributed by atoms with van der Waals surface area (Å²) in [5, 5.41) is 0. The van der Waals surface area contributed by atoms with Crippen molar-refractivity contribution in [3.63, 3.8) is 0 Å². The molecule has 4 nitrogen and oxygen atoms in total. The highest BCUT2D eigenvalue weighted by atomic mass is 16.5. The van der Waals surface area contributed by atoms with Crippen LogP contribution in [-0.2, 0) is 4.74 Å². The van der Waals surface area contributed by atoms with Crippen molar-refractivity contribution >= 4 is 0 Å². The molecule has 0 aliphatic carbocycles. The monoisotopic (exact) mass is 183 g/mol. The Labute approximate surface area is 78.7 Å². The minimum atomic E-state index is 0.0156. The molecule has 74 valence electrons. The number of nitrogens with two attached hydrogens (primary N) is 1. The first-order valence-electron chi connectivity index (χ1n) is 4.43. The Hall–Kier alpha value is -0.870. The number of methoxy groups -OCH3 is 1. The molecule has 2 atom stereocenters. The van der Waals surface area contributed by atoms with Gasteiger partial charge in [-0.05, 0) is 13.8 Å². The highest BCUT2D eigenvalue weighted by molar-refractivity contribution is 5.04. The number of aromatic nitrogens is 2. The van der Waals surface area contributed by atoms with Gasteiger partial charge in [0.1, 0.15) is 0 Å². The molecular formula is C9H17N3O. The highest BCUT2D eigenvalue weighted by Gasteiger charge is 2.11. The van der Waals surface area contributed by atoms with E-state index in [0.29, 0.717) is 6.61 Å². The van der Waals surface area contributed by atoms with Gasteiger partial charge in [-0.2, -0.15) is 0 Å². The molecule has 0 saturated carbocycles. The quantitative estimate of drug-likeness (QED) is 0.760. The SMILES string of the molecule is COCC(C)n1cncc1[C@@H](C)N. The molecule has 2 N–H and O–H groups in total. The van der Waals surface area contributed by atoms with Crippen LogP contribution in [0.3, 0.4) is 0 Å². The third-order valence-corrected chi connectivity index (χ3v) is 2.05. The second kappa shape index (κ2) is 4.39. The van der Waals surface area contributed by atoms with Gasteiger partial charge in [-0.3, -0.25) is 0 Å². The average molecular weight is 183 g/mol. The van der Waals surface area contributed by atoms with Crippen molar-refractivity contribution in [3.05, 3.63) is 18.2 Å². The first kappa shape index (κ1) is 10.2. The van der Waals surface area contributed by atoms with Crippen LogP contribution in [-0.4, -0.2) is 23.3 Å². The highest BCUT2D eigenvalue weighted by Crippen LogP contribution is 2.14.